The molecule has 2 aliphatic heterocycles. The normalized spacial score (nSPS) is 23.3. The van der Waals surface area contributed by atoms with Gasteiger partial charge in [-0.15, -0.1) is 0 Å². The molecule has 212 valence electrons. The van der Waals surface area contributed by atoms with Gasteiger partial charge in [0.2, 0.25) is 11.8 Å². The third-order valence-corrected chi connectivity index (χ3v) is 7.91. The van der Waals surface area contributed by atoms with Crippen LogP contribution in [0, 0.1) is 0 Å². The Morgan fingerprint density at radius 1 is 0.784 bits per heavy atom. The summed E-state index contributed by atoms with van der Waals surface area (Å²) in [5.74, 6) is -1.29. The van der Waals surface area contributed by atoms with Crippen molar-refractivity contribution in [3.63, 3.8) is 0 Å². The maximum absolute atomic E-state index is 13.5. The summed E-state index contributed by atoms with van der Waals surface area (Å²) in [6, 6.07) is 0. The number of aliphatic carboxylic acids is 1. The Bertz CT molecular complexity index is 882. The summed E-state index contributed by atoms with van der Waals surface area (Å²) in [7, 11) is 0. The summed E-state index contributed by atoms with van der Waals surface area (Å²) in [5, 5.41) is 8.70. The van der Waals surface area contributed by atoms with Gasteiger partial charge in [-0.1, -0.05) is 0 Å². The second-order valence-electron chi connectivity index (χ2n) is 12.6. The van der Waals surface area contributed by atoms with Crippen LogP contribution in [0.5, 0.6) is 0 Å². The van der Waals surface area contributed by atoms with Gasteiger partial charge in [0.1, 0.15) is 6.61 Å². The molecule has 10 nitrogen and oxygen atoms in total. The first kappa shape index (κ1) is 31.0. The second kappa shape index (κ2) is 11.3. The highest BCUT2D eigenvalue weighted by Crippen LogP contribution is 2.36. The number of ether oxygens (including phenoxy) is 1. The number of likely N-dealkylation sites (N-methyl/N-ethyl adjacent to an activating group) is 1. The number of hydrogen-bond donors (Lipinski definition) is 1. The van der Waals surface area contributed by atoms with E-state index in [0.29, 0.717) is 32.7 Å². The zero-order valence-corrected chi connectivity index (χ0v) is 24.3. The van der Waals surface area contributed by atoms with E-state index in [9.17, 15) is 19.2 Å². The van der Waals surface area contributed by atoms with Crippen LogP contribution in [0.2, 0.25) is 0 Å². The largest absolute Gasteiger partial charge is 0.481 e. The zero-order chi connectivity index (χ0) is 28.4. The van der Waals surface area contributed by atoms with Crippen molar-refractivity contribution < 1.29 is 29.0 Å². The fourth-order valence-corrected chi connectivity index (χ4v) is 6.29. The van der Waals surface area contributed by atoms with Crippen LogP contribution in [0.25, 0.3) is 0 Å². The molecule has 0 saturated carbocycles. The van der Waals surface area contributed by atoms with E-state index in [0.717, 1.165) is 0 Å². The monoisotopic (exact) mass is 524 g/mol. The van der Waals surface area contributed by atoms with E-state index in [1.54, 1.807) is 4.90 Å². The van der Waals surface area contributed by atoms with Gasteiger partial charge in [-0.05, 0) is 68.7 Å². The van der Waals surface area contributed by atoms with Crippen LogP contribution in [-0.4, -0.2) is 116 Å². The van der Waals surface area contributed by atoms with E-state index in [1.807, 2.05) is 39.5 Å². The third-order valence-electron chi connectivity index (χ3n) is 7.91. The Kier molecular flexibility index (Phi) is 9.45. The van der Waals surface area contributed by atoms with Gasteiger partial charge in [-0.2, -0.15) is 0 Å². The summed E-state index contributed by atoms with van der Waals surface area (Å²) in [6.45, 7) is 21.9. The molecular weight excluding hydrogens is 476 g/mol. The highest BCUT2D eigenvalue weighted by Gasteiger charge is 2.53. The molecule has 0 spiro atoms. The minimum absolute atomic E-state index is 0.0286. The van der Waals surface area contributed by atoms with Crippen LogP contribution in [-0.2, 0) is 23.9 Å². The summed E-state index contributed by atoms with van der Waals surface area (Å²) in [4.78, 5) is 57.4. The van der Waals surface area contributed by atoms with Gasteiger partial charge >= 0.3 is 11.9 Å². The van der Waals surface area contributed by atoms with Crippen molar-refractivity contribution in [3.8, 4) is 0 Å². The van der Waals surface area contributed by atoms with Crippen molar-refractivity contribution in [2.75, 3.05) is 45.9 Å². The molecule has 2 rings (SSSR count). The third kappa shape index (κ3) is 6.82. The number of carboxylic acids is 1. The molecule has 0 atom stereocenters. The van der Waals surface area contributed by atoms with Crippen LogP contribution in [0.1, 0.15) is 81.6 Å². The van der Waals surface area contributed by atoms with Crippen LogP contribution < -0.4 is 0 Å². The molecule has 10 heteroatoms. The number of piperazine rings is 2. The minimum atomic E-state index is -0.942. The Morgan fingerprint density at radius 3 is 1.70 bits per heavy atom. The molecule has 2 fully saturated rings. The van der Waals surface area contributed by atoms with Crippen molar-refractivity contribution in [3.05, 3.63) is 0 Å². The lowest BCUT2D eigenvalue weighted by Crippen LogP contribution is -2.74. The fraction of sp³-hybridized carbons (Fsp3) is 0.852. The molecule has 2 heterocycles. The van der Waals surface area contributed by atoms with Crippen molar-refractivity contribution in [2.24, 2.45) is 0 Å². The SMILES string of the molecule is CCN1CC(C)(C)N(CCN2C(C)(C)CN(CCOC(=O)CCCC(=O)O)C(=O)C2(C)C)C(C)(C)C1=O. The van der Waals surface area contributed by atoms with Crippen molar-refractivity contribution >= 4 is 23.8 Å². The van der Waals surface area contributed by atoms with Gasteiger partial charge in [0.15, 0.2) is 0 Å². The first-order valence-electron chi connectivity index (χ1n) is 13.4. The molecular formula is C27H48N4O6. The smallest absolute Gasteiger partial charge is 0.305 e. The topological polar surface area (TPSA) is 111 Å². The summed E-state index contributed by atoms with van der Waals surface area (Å²) < 4.78 is 5.26. The first-order chi connectivity index (χ1) is 16.9. The number of carbonyl (C=O) groups excluding carboxylic acids is 3. The van der Waals surface area contributed by atoms with Crippen LogP contribution in [0.4, 0.5) is 0 Å². The number of esters is 1. The van der Waals surface area contributed by atoms with Crippen molar-refractivity contribution in [1.82, 2.24) is 19.6 Å². The predicted octanol–water partition coefficient (Wildman–Crippen LogP) is 2.21. The van der Waals surface area contributed by atoms with E-state index in [1.165, 1.54) is 0 Å². The van der Waals surface area contributed by atoms with Gasteiger partial charge < -0.3 is 19.6 Å². The standard InChI is InChI=1S/C27H48N4O6/c1-10-28-18-24(2,3)30(26(6,7)22(28)35)14-15-31-25(4,5)19-29(23(36)27(31,8)9)16-17-37-21(34)13-11-12-20(32)33/h10-19H2,1-9H3,(H,32,33). The van der Waals surface area contributed by atoms with Gasteiger partial charge in [0.25, 0.3) is 0 Å². The number of carboxylic acid groups (broad SMARTS) is 1. The van der Waals surface area contributed by atoms with E-state index < -0.39 is 23.0 Å². The lowest BCUT2D eigenvalue weighted by Gasteiger charge is -2.58. The Morgan fingerprint density at radius 2 is 1.24 bits per heavy atom. The highest BCUT2D eigenvalue weighted by molar-refractivity contribution is 5.87. The van der Waals surface area contributed by atoms with E-state index in [2.05, 4.69) is 37.5 Å². The summed E-state index contributed by atoms with van der Waals surface area (Å²) >= 11 is 0. The van der Waals surface area contributed by atoms with E-state index >= 15 is 0 Å². The summed E-state index contributed by atoms with van der Waals surface area (Å²) in [6.07, 6.45) is 0.208. The number of amides is 2. The summed E-state index contributed by atoms with van der Waals surface area (Å²) in [5.41, 5.74) is -1.97. The molecule has 0 bridgehead atoms. The Hall–Kier alpha value is -2.20. The first-order valence-corrected chi connectivity index (χ1v) is 13.4. The average molecular weight is 525 g/mol. The van der Waals surface area contributed by atoms with Crippen LogP contribution >= 0.6 is 0 Å². The Balaban J connectivity index is 2.06. The number of nitrogens with zero attached hydrogens (tertiary/aromatic N) is 4. The molecule has 0 aliphatic carbocycles. The predicted molar refractivity (Wildman–Crippen MR) is 141 cm³/mol. The fourth-order valence-electron chi connectivity index (χ4n) is 6.29. The maximum atomic E-state index is 13.5. The van der Waals surface area contributed by atoms with Crippen LogP contribution in [0.15, 0.2) is 0 Å². The van der Waals surface area contributed by atoms with Gasteiger partial charge in [-0.25, -0.2) is 0 Å². The number of rotatable bonds is 11. The van der Waals surface area contributed by atoms with Crippen molar-refractivity contribution in [2.45, 2.75) is 104 Å². The molecule has 0 unspecified atom stereocenters. The molecule has 0 aromatic carbocycles. The Labute approximate surface area is 222 Å². The second-order valence-corrected chi connectivity index (χ2v) is 12.6. The molecule has 0 aromatic heterocycles. The lowest BCUT2D eigenvalue weighted by molar-refractivity contribution is -0.168. The maximum Gasteiger partial charge on any atom is 0.305 e. The molecule has 1 N–H and O–H groups in total. The molecule has 37 heavy (non-hydrogen) atoms. The van der Waals surface area contributed by atoms with E-state index in [4.69, 9.17) is 9.84 Å². The lowest BCUT2D eigenvalue weighted by atomic mass is 9.85. The van der Waals surface area contributed by atoms with Gasteiger partial charge in [0, 0.05) is 56.6 Å². The van der Waals surface area contributed by atoms with Crippen LogP contribution in [0.3, 0.4) is 0 Å². The average Bonchev–Trinajstić information content (AvgIpc) is 2.76. The zero-order valence-electron chi connectivity index (χ0n) is 24.3. The van der Waals surface area contributed by atoms with Gasteiger partial charge in [-0.3, -0.25) is 29.0 Å². The van der Waals surface area contributed by atoms with Crippen molar-refractivity contribution in [1.29, 1.82) is 0 Å². The molecule has 0 radical (unpaired) electrons. The highest BCUT2D eigenvalue weighted by atomic mass is 16.5. The molecule has 2 amide bonds. The molecule has 2 aliphatic rings. The van der Waals surface area contributed by atoms with Gasteiger partial charge in [0.05, 0.1) is 17.6 Å². The quantitative estimate of drug-likeness (QED) is 0.410. The van der Waals surface area contributed by atoms with E-state index in [-0.39, 0.29) is 55.3 Å². The molecule has 2 saturated heterocycles. The molecule has 0 aromatic rings. The number of hydrogen-bond acceptors (Lipinski definition) is 7. The number of carbonyl (C=O) groups is 4. The minimum Gasteiger partial charge on any atom is -0.481 e.